The van der Waals surface area contributed by atoms with Crippen LogP contribution in [0.5, 0.6) is 5.75 Å². The van der Waals surface area contributed by atoms with Crippen molar-refractivity contribution < 1.29 is 14.3 Å². The maximum Gasteiger partial charge on any atom is 0.264 e. The fraction of sp³-hybridized carbons (Fsp3) is 0.167. The maximum atomic E-state index is 11.9. The summed E-state index contributed by atoms with van der Waals surface area (Å²) in [6.07, 6.45) is 0. The molecule has 2 aromatic rings. The maximum absolute atomic E-state index is 11.9. The second-order valence-electron chi connectivity index (χ2n) is 5.35. The summed E-state index contributed by atoms with van der Waals surface area (Å²) in [6, 6.07) is 13.9. The average molecular weight is 392 g/mol. The third-order valence-corrected chi connectivity index (χ3v) is 3.95. The molecule has 0 fully saturated rings. The molecule has 6 nitrogen and oxygen atoms in total. The van der Waals surface area contributed by atoms with Gasteiger partial charge in [0.2, 0.25) is 5.91 Å². The van der Waals surface area contributed by atoms with Gasteiger partial charge in [-0.15, -0.1) is 0 Å². The van der Waals surface area contributed by atoms with E-state index in [1.807, 2.05) is 0 Å². The molecule has 0 aliphatic rings. The van der Waals surface area contributed by atoms with Crippen LogP contribution in [0, 0.1) is 0 Å². The molecular formula is C18H18ClN3O3S. The van der Waals surface area contributed by atoms with Gasteiger partial charge in [0.05, 0.1) is 5.02 Å². The highest BCUT2D eigenvalue weighted by molar-refractivity contribution is 7.80. The lowest BCUT2D eigenvalue weighted by Crippen LogP contribution is -2.37. The molecule has 26 heavy (non-hydrogen) atoms. The first kappa shape index (κ1) is 19.7. The van der Waals surface area contributed by atoms with E-state index >= 15 is 0 Å². The molecule has 0 unspecified atom stereocenters. The summed E-state index contributed by atoms with van der Waals surface area (Å²) in [7, 11) is 1.69. The molecule has 0 spiro atoms. The van der Waals surface area contributed by atoms with E-state index in [9.17, 15) is 9.59 Å². The van der Waals surface area contributed by atoms with Crippen LogP contribution in [0.1, 0.15) is 6.92 Å². The number of halogens is 1. The quantitative estimate of drug-likeness (QED) is 0.766. The van der Waals surface area contributed by atoms with Gasteiger partial charge in [-0.25, -0.2) is 0 Å². The molecule has 0 saturated carbocycles. The lowest BCUT2D eigenvalue weighted by Gasteiger charge is -2.16. The third-order valence-electron chi connectivity index (χ3n) is 3.43. The number of hydrogen-bond donors (Lipinski definition) is 2. The summed E-state index contributed by atoms with van der Waals surface area (Å²) in [5, 5.41) is 5.99. The summed E-state index contributed by atoms with van der Waals surface area (Å²) in [5.41, 5.74) is 1.44. The highest BCUT2D eigenvalue weighted by Gasteiger charge is 2.09. The molecule has 0 aliphatic carbocycles. The summed E-state index contributed by atoms with van der Waals surface area (Å²) < 4.78 is 5.35. The van der Waals surface area contributed by atoms with E-state index in [0.717, 1.165) is 5.69 Å². The van der Waals surface area contributed by atoms with Crippen molar-refractivity contribution in [2.24, 2.45) is 0 Å². The summed E-state index contributed by atoms with van der Waals surface area (Å²) in [4.78, 5) is 24.8. The summed E-state index contributed by atoms with van der Waals surface area (Å²) in [5.74, 6) is -0.0456. The van der Waals surface area contributed by atoms with Crippen LogP contribution in [0.2, 0.25) is 5.02 Å². The number of ether oxygens (including phenoxy) is 1. The predicted octanol–water partition coefficient (Wildman–Crippen LogP) is 3.21. The van der Waals surface area contributed by atoms with Crippen LogP contribution in [0.15, 0.2) is 48.5 Å². The van der Waals surface area contributed by atoms with Gasteiger partial charge in [0, 0.05) is 25.3 Å². The van der Waals surface area contributed by atoms with E-state index in [-0.39, 0.29) is 17.6 Å². The number of anilines is 2. The van der Waals surface area contributed by atoms with E-state index in [0.29, 0.717) is 16.5 Å². The lowest BCUT2D eigenvalue weighted by molar-refractivity contribution is -0.121. The van der Waals surface area contributed by atoms with E-state index in [1.54, 1.807) is 55.6 Å². The Morgan fingerprint density at radius 3 is 2.42 bits per heavy atom. The number of carbonyl (C=O) groups excluding carboxylic acids is 2. The number of hydrogen-bond acceptors (Lipinski definition) is 4. The van der Waals surface area contributed by atoms with Crippen LogP contribution in [0.4, 0.5) is 11.4 Å². The Morgan fingerprint density at radius 1 is 1.15 bits per heavy atom. The molecule has 2 N–H and O–H groups in total. The topological polar surface area (TPSA) is 70.7 Å². The number of thiocarbonyl (C=S) groups is 1. The summed E-state index contributed by atoms with van der Waals surface area (Å²) >= 11 is 11.1. The van der Waals surface area contributed by atoms with Crippen LogP contribution < -0.4 is 20.3 Å². The second kappa shape index (κ2) is 9.17. The number of benzene rings is 2. The third kappa shape index (κ3) is 5.72. The predicted molar refractivity (Wildman–Crippen MR) is 107 cm³/mol. The second-order valence-corrected chi connectivity index (χ2v) is 6.16. The Balaban J connectivity index is 1.83. The van der Waals surface area contributed by atoms with Crippen molar-refractivity contribution in [1.29, 1.82) is 0 Å². The molecule has 0 heterocycles. The van der Waals surface area contributed by atoms with E-state index in [2.05, 4.69) is 10.6 Å². The number of amides is 2. The van der Waals surface area contributed by atoms with E-state index in [4.69, 9.17) is 28.6 Å². The minimum absolute atomic E-state index is 0.0630. The molecule has 0 radical (unpaired) electrons. The number of carbonyl (C=O) groups is 2. The Morgan fingerprint density at radius 2 is 1.81 bits per heavy atom. The fourth-order valence-electron chi connectivity index (χ4n) is 1.98. The molecule has 2 aromatic carbocycles. The van der Waals surface area contributed by atoms with Crippen LogP contribution in [-0.4, -0.2) is 30.6 Å². The highest BCUT2D eigenvalue weighted by Crippen LogP contribution is 2.22. The molecule has 136 valence electrons. The van der Waals surface area contributed by atoms with Crippen molar-refractivity contribution in [3.8, 4) is 5.75 Å². The minimum Gasteiger partial charge on any atom is -0.482 e. The zero-order chi connectivity index (χ0) is 19.1. The van der Waals surface area contributed by atoms with Crippen LogP contribution in [0.3, 0.4) is 0 Å². The number of para-hydroxylation sites is 1. The van der Waals surface area contributed by atoms with Crippen molar-refractivity contribution in [2.75, 3.05) is 23.9 Å². The SMILES string of the molecule is CC(=O)N(C)c1ccc(NC(=S)NC(=O)COc2ccccc2Cl)cc1. The molecule has 0 atom stereocenters. The van der Waals surface area contributed by atoms with Gasteiger partial charge in [-0.2, -0.15) is 0 Å². The van der Waals surface area contributed by atoms with Gasteiger partial charge in [-0.3, -0.25) is 14.9 Å². The monoisotopic (exact) mass is 391 g/mol. The molecule has 0 bridgehead atoms. The van der Waals surface area contributed by atoms with E-state index in [1.165, 1.54) is 11.8 Å². The van der Waals surface area contributed by atoms with E-state index < -0.39 is 5.91 Å². The zero-order valence-electron chi connectivity index (χ0n) is 14.3. The van der Waals surface area contributed by atoms with Crippen molar-refractivity contribution >= 4 is 52.1 Å². The minimum atomic E-state index is -0.407. The van der Waals surface area contributed by atoms with Crippen molar-refractivity contribution in [2.45, 2.75) is 6.92 Å². The standard InChI is InChI=1S/C18H18ClN3O3S/c1-12(23)22(2)14-9-7-13(8-10-14)20-18(26)21-17(24)11-25-16-6-4-3-5-15(16)19/h3-10H,11H2,1-2H3,(H2,20,21,24,26). The van der Waals surface area contributed by atoms with Crippen LogP contribution >= 0.6 is 23.8 Å². The Bertz CT molecular complexity index is 812. The number of nitrogens with zero attached hydrogens (tertiary/aromatic N) is 1. The molecule has 0 aromatic heterocycles. The first-order chi connectivity index (χ1) is 12.4. The Labute approximate surface area is 162 Å². The number of nitrogens with one attached hydrogen (secondary N) is 2. The largest absolute Gasteiger partial charge is 0.482 e. The van der Waals surface area contributed by atoms with Gasteiger partial charge in [0.15, 0.2) is 11.7 Å². The van der Waals surface area contributed by atoms with Crippen molar-refractivity contribution in [3.63, 3.8) is 0 Å². The van der Waals surface area contributed by atoms with Gasteiger partial charge < -0.3 is 15.0 Å². The zero-order valence-corrected chi connectivity index (χ0v) is 15.9. The normalized spacial score (nSPS) is 9.96. The molecule has 8 heteroatoms. The van der Waals surface area contributed by atoms with Gasteiger partial charge in [0.1, 0.15) is 5.75 Å². The van der Waals surface area contributed by atoms with Crippen molar-refractivity contribution in [3.05, 3.63) is 53.6 Å². The van der Waals surface area contributed by atoms with Gasteiger partial charge in [0.25, 0.3) is 5.91 Å². The van der Waals surface area contributed by atoms with Crippen LogP contribution in [-0.2, 0) is 9.59 Å². The summed E-state index contributed by atoms with van der Waals surface area (Å²) in [6.45, 7) is 1.27. The van der Waals surface area contributed by atoms with Gasteiger partial charge in [-0.05, 0) is 48.6 Å². The van der Waals surface area contributed by atoms with Crippen molar-refractivity contribution in [1.82, 2.24) is 5.32 Å². The smallest absolute Gasteiger partial charge is 0.264 e. The first-order valence-electron chi connectivity index (χ1n) is 7.69. The average Bonchev–Trinajstić information content (AvgIpc) is 2.61. The molecule has 2 rings (SSSR count). The fourth-order valence-corrected chi connectivity index (χ4v) is 2.40. The first-order valence-corrected chi connectivity index (χ1v) is 8.48. The van der Waals surface area contributed by atoms with Crippen LogP contribution in [0.25, 0.3) is 0 Å². The lowest BCUT2D eigenvalue weighted by atomic mass is 10.2. The Kier molecular flexibility index (Phi) is 6.94. The van der Waals surface area contributed by atoms with Gasteiger partial charge in [-0.1, -0.05) is 23.7 Å². The molecular weight excluding hydrogens is 374 g/mol. The molecule has 2 amide bonds. The number of rotatable bonds is 5. The molecule has 0 saturated heterocycles. The van der Waals surface area contributed by atoms with Gasteiger partial charge >= 0.3 is 0 Å². The Hall–Kier alpha value is -2.64. The highest BCUT2D eigenvalue weighted by atomic mass is 35.5. The molecule has 0 aliphatic heterocycles.